The molecule has 3 heterocycles. The van der Waals surface area contributed by atoms with Crippen LogP contribution in [0, 0.1) is 0 Å². The molecule has 138 valence electrons. The number of rotatable bonds is 2. The first-order chi connectivity index (χ1) is 13.2. The topological polar surface area (TPSA) is 60.9 Å². The Hall–Kier alpha value is -2.62. The highest BCUT2D eigenvalue weighted by atomic mass is 16.1. The number of aromatic nitrogens is 2. The molecule has 3 aromatic rings. The maximum atomic E-state index is 11.8. The maximum absolute atomic E-state index is 11.8. The van der Waals surface area contributed by atoms with E-state index < -0.39 is 0 Å². The van der Waals surface area contributed by atoms with Gasteiger partial charge in [-0.05, 0) is 61.4 Å². The molecule has 4 nitrogen and oxygen atoms in total. The zero-order valence-electron chi connectivity index (χ0n) is 15.6. The Balaban J connectivity index is 1.84. The number of nitrogens with zero attached hydrogens (tertiary/aromatic N) is 2. The van der Waals surface area contributed by atoms with E-state index in [2.05, 4.69) is 16.7 Å². The van der Waals surface area contributed by atoms with Crippen molar-refractivity contribution in [1.29, 1.82) is 0 Å². The highest BCUT2D eigenvalue weighted by Crippen LogP contribution is 2.45. The van der Waals surface area contributed by atoms with E-state index in [4.69, 9.17) is 10.7 Å². The smallest absolute Gasteiger partial charge is 0.248 e. The molecule has 0 saturated heterocycles. The van der Waals surface area contributed by atoms with Gasteiger partial charge in [-0.2, -0.15) is 0 Å². The molecule has 1 aliphatic carbocycles. The van der Waals surface area contributed by atoms with Gasteiger partial charge in [0.1, 0.15) is 0 Å². The van der Waals surface area contributed by atoms with Gasteiger partial charge in [0.05, 0.1) is 5.69 Å². The maximum Gasteiger partial charge on any atom is 0.248 e. The molecule has 5 rings (SSSR count). The fourth-order valence-corrected chi connectivity index (χ4v) is 5.11. The predicted octanol–water partition coefficient (Wildman–Crippen LogP) is 4.80. The first-order valence-corrected chi connectivity index (χ1v) is 10.1. The van der Waals surface area contributed by atoms with Gasteiger partial charge in [0.15, 0.2) is 0 Å². The molecule has 0 spiro atoms. The molecule has 4 heteroatoms. The summed E-state index contributed by atoms with van der Waals surface area (Å²) in [6.07, 6.45) is 10.4. The number of carbonyl (C=O) groups is 1. The molecule has 0 unspecified atom stereocenters. The van der Waals surface area contributed by atoms with Gasteiger partial charge in [-0.15, -0.1) is 0 Å². The van der Waals surface area contributed by atoms with E-state index in [-0.39, 0.29) is 5.91 Å². The Morgan fingerprint density at radius 1 is 1.11 bits per heavy atom. The summed E-state index contributed by atoms with van der Waals surface area (Å²) in [7, 11) is 0. The SMILES string of the molecule is NC(=O)c1ccc2c(C3CCCCC3)c3n(c2c1)CCCc1ncccc1-3. The first-order valence-electron chi connectivity index (χ1n) is 10.1. The Morgan fingerprint density at radius 2 is 1.96 bits per heavy atom. The van der Waals surface area contributed by atoms with E-state index in [1.54, 1.807) is 0 Å². The molecule has 0 atom stereocenters. The van der Waals surface area contributed by atoms with Crippen molar-refractivity contribution in [2.45, 2.75) is 57.4 Å². The molecule has 0 radical (unpaired) electrons. The van der Waals surface area contributed by atoms with Crippen molar-refractivity contribution in [3.63, 3.8) is 0 Å². The average molecular weight is 359 g/mol. The van der Waals surface area contributed by atoms with E-state index in [1.807, 2.05) is 24.4 Å². The van der Waals surface area contributed by atoms with Gasteiger partial charge in [0, 0.05) is 40.5 Å². The molecular weight excluding hydrogens is 334 g/mol. The molecule has 1 amide bonds. The van der Waals surface area contributed by atoms with Crippen LogP contribution in [0.15, 0.2) is 36.5 Å². The zero-order valence-corrected chi connectivity index (χ0v) is 15.6. The minimum atomic E-state index is -0.359. The van der Waals surface area contributed by atoms with Crippen molar-refractivity contribution < 1.29 is 4.79 Å². The summed E-state index contributed by atoms with van der Waals surface area (Å²) in [5.41, 5.74) is 12.6. The largest absolute Gasteiger partial charge is 0.366 e. The number of primary amides is 1. The summed E-state index contributed by atoms with van der Waals surface area (Å²) in [5, 5.41) is 1.29. The number of pyridine rings is 1. The molecular formula is C23H25N3O. The van der Waals surface area contributed by atoms with Crippen molar-refractivity contribution in [1.82, 2.24) is 9.55 Å². The van der Waals surface area contributed by atoms with Crippen LogP contribution in [0.4, 0.5) is 0 Å². The van der Waals surface area contributed by atoms with Crippen LogP contribution in [-0.2, 0) is 13.0 Å². The normalized spacial score (nSPS) is 17.3. The van der Waals surface area contributed by atoms with E-state index in [0.717, 1.165) is 24.9 Å². The third-order valence-corrected chi connectivity index (χ3v) is 6.34. The highest BCUT2D eigenvalue weighted by Gasteiger charge is 2.29. The second-order valence-corrected chi connectivity index (χ2v) is 7.95. The first kappa shape index (κ1) is 16.5. The summed E-state index contributed by atoms with van der Waals surface area (Å²) in [5.74, 6) is 0.227. The van der Waals surface area contributed by atoms with E-state index >= 15 is 0 Å². The monoisotopic (exact) mass is 359 g/mol. The van der Waals surface area contributed by atoms with Crippen LogP contribution in [0.1, 0.15) is 66.1 Å². The average Bonchev–Trinajstić information content (AvgIpc) is 2.90. The summed E-state index contributed by atoms with van der Waals surface area (Å²) < 4.78 is 2.43. The van der Waals surface area contributed by atoms with Gasteiger partial charge < -0.3 is 10.3 Å². The third-order valence-electron chi connectivity index (χ3n) is 6.34. The van der Waals surface area contributed by atoms with Gasteiger partial charge in [-0.25, -0.2) is 0 Å². The van der Waals surface area contributed by atoms with Crippen LogP contribution in [0.25, 0.3) is 22.2 Å². The summed E-state index contributed by atoms with van der Waals surface area (Å²) in [4.78, 5) is 16.5. The van der Waals surface area contributed by atoms with Crippen molar-refractivity contribution in [2.24, 2.45) is 5.73 Å². The molecule has 1 aromatic carbocycles. The van der Waals surface area contributed by atoms with Crippen LogP contribution < -0.4 is 5.73 Å². The van der Waals surface area contributed by atoms with Gasteiger partial charge in [-0.3, -0.25) is 9.78 Å². The number of fused-ring (bicyclic) bond motifs is 5. The van der Waals surface area contributed by atoms with Gasteiger partial charge in [0.25, 0.3) is 0 Å². The quantitative estimate of drug-likeness (QED) is 0.715. The number of carbonyl (C=O) groups excluding carboxylic acids is 1. The number of benzene rings is 1. The van der Waals surface area contributed by atoms with Gasteiger partial charge in [0.2, 0.25) is 5.91 Å². The molecule has 0 bridgehead atoms. The van der Waals surface area contributed by atoms with E-state index in [1.165, 1.54) is 60.0 Å². The van der Waals surface area contributed by atoms with Crippen LogP contribution in [0.5, 0.6) is 0 Å². The molecule has 1 saturated carbocycles. The lowest BCUT2D eigenvalue weighted by Gasteiger charge is -2.23. The molecule has 2 aromatic heterocycles. The van der Waals surface area contributed by atoms with Crippen molar-refractivity contribution in [3.05, 3.63) is 53.3 Å². The fourth-order valence-electron chi connectivity index (χ4n) is 5.11. The summed E-state index contributed by atoms with van der Waals surface area (Å²) in [6.45, 7) is 0.955. The van der Waals surface area contributed by atoms with Crippen LogP contribution in [-0.4, -0.2) is 15.5 Å². The van der Waals surface area contributed by atoms with Crippen molar-refractivity contribution in [2.75, 3.05) is 0 Å². The molecule has 1 fully saturated rings. The standard InChI is InChI=1S/C23H25N3O/c24-23(27)16-10-11-18-20(14-16)26-13-5-9-19-17(8-4-12-25-19)22(26)21(18)15-6-2-1-3-7-15/h4,8,10-12,14-15H,1-3,5-7,9,13H2,(H2,24,27). The lowest BCUT2D eigenvalue weighted by Crippen LogP contribution is -2.10. The Kier molecular flexibility index (Phi) is 4.00. The minimum absolute atomic E-state index is 0.359. The summed E-state index contributed by atoms with van der Waals surface area (Å²) in [6, 6.07) is 10.3. The van der Waals surface area contributed by atoms with Gasteiger partial charge in [-0.1, -0.05) is 25.3 Å². The fraction of sp³-hybridized carbons (Fsp3) is 0.391. The predicted molar refractivity (Wildman–Crippen MR) is 108 cm³/mol. The van der Waals surface area contributed by atoms with E-state index in [9.17, 15) is 4.79 Å². The lowest BCUT2D eigenvalue weighted by atomic mass is 9.81. The Morgan fingerprint density at radius 3 is 2.78 bits per heavy atom. The van der Waals surface area contributed by atoms with Gasteiger partial charge >= 0.3 is 0 Å². The molecule has 2 N–H and O–H groups in total. The number of nitrogens with two attached hydrogens (primary N) is 1. The summed E-state index contributed by atoms with van der Waals surface area (Å²) >= 11 is 0. The van der Waals surface area contributed by atoms with E-state index in [0.29, 0.717) is 11.5 Å². The second-order valence-electron chi connectivity index (χ2n) is 7.95. The second kappa shape index (κ2) is 6.52. The molecule has 1 aliphatic heterocycles. The minimum Gasteiger partial charge on any atom is -0.366 e. The number of aryl methyl sites for hydroxylation is 2. The highest BCUT2D eigenvalue weighted by molar-refractivity contribution is 6.00. The Labute approximate surface area is 159 Å². The zero-order chi connectivity index (χ0) is 18.4. The van der Waals surface area contributed by atoms with Crippen LogP contribution >= 0.6 is 0 Å². The Bertz CT molecular complexity index is 1030. The number of hydrogen-bond acceptors (Lipinski definition) is 2. The third kappa shape index (κ3) is 2.66. The number of hydrogen-bond donors (Lipinski definition) is 1. The van der Waals surface area contributed by atoms with Crippen molar-refractivity contribution >= 4 is 16.8 Å². The molecule has 2 aliphatic rings. The lowest BCUT2D eigenvalue weighted by molar-refractivity contribution is 0.100. The van der Waals surface area contributed by atoms with Crippen LogP contribution in [0.3, 0.4) is 0 Å². The number of amides is 1. The molecule has 27 heavy (non-hydrogen) atoms. The van der Waals surface area contributed by atoms with Crippen molar-refractivity contribution in [3.8, 4) is 11.3 Å². The van der Waals surface area contributed by atoms with Crippen LogP contribution in [0.2, 0.25) is 0 Å².